The van der Waals surface area contributed by atoms with Crippen LogP contribution in [0.2, 0.25) is 4.34 Å². The first-order chi connectivity index (χ1) is 10.3. The summed E-state index contributed by atoms with van der Waals surface area (Å²) in [7, 11) is 0. The molecule has 4 heteroatoms. The Hall–Kier alpha value is -1.71. The molecule has 1 aliphatic rings. The van der Waals surface area contributed by atoms with Crippen molar-refractivity contribution in [2.45, 2.75) is 18.9 Å². The lowest BCUT2D eigenvalue weighted by Gasteiger charge is -2.15. The Bertz CT molecular complexity index is 761. The molecule has 1 atom stereocenters. The normalized spacial score (nSPS) is 16.9. The fraction of sp³-hybridized carbons (Fsp3) is 0.176. The molecule has 0 radical (unpaired) electrons. The predicted molar refractivity (Wildman–Crippen MR) is 89.8 cm³/mol. The van der Waals surface area contributed by atoms with Gasteiger partial charge >= 0.3 is 0 Å². The lowest BCUT2D eigenvalue weighted by Crippen LogP contribution is -2.06. The quantitative estimate of drug-likeness (QED) is 0.695. The number of aryl methyl sites for hydroxylation is 1. The number of benzene rings is 1. The number of nitrogens with one attached hydrogen (secondary N) is 1. The second kappa shape index (κ2) is 5.24. The molecule has 0 spiro atoms. The maximum absolute atomic E-state index is 6.13. The van der Waals surface area contributed by atoms with Crippen molar-refractivity contribution in [2.75, 3.05) is 5.32 Å². The van der Waals surface area contributed by atoms with Gasteiger partial charge in [-0.05, 0) is 54.8 Å². The summed E-state index contributed by atoms with van der Waals surface area (Å²) in [6, 6.07) is 15.1. The van der Waals surface area contributed by atoms with Crippen molar-refractivity contribution in [3.63, 3.8) is 0 Å². The minimum atomic E-state index is 0.378. The van der Waals surface area contributed by atoms with Gasteiger partial charge < -0.3 is 9.88 Å². The summed E-state index contributed by atoms with van der Waals surface area (Å²) in [6.07, 6.45) is 6.39. The highest BCUT2D eigenvalue weighted by Crippen LogP contribution is 2.40. The topological polar surface area (TPSA) is 17.0 Å². The van der Waals surface area contributed by atoms with Crippen LogP contribution in [0.3, 0.4) is 0 Å². The van der Waals surface area contributed by atoms with E-state index in [9.17, 15) is 0 Å². The maximum Gasteiger partial charge on any atom is 0.0934 e. The average Bonchev–Trinajstić information content (AvgIpc) is 3.18. The van der Waals surface area contributed by atoms with Gasteiger partial charge in [0.05, 0.1) is 10.4 Å². The number of rotatable bonds is 3. The van der Waals surface area contributed by atoms with Crippen LogP contribution in [0.5, 0.6) is 0 Å². The smallest absolute Gasteiger partial charge is 0.0934 e. The highest BCUT2D eigenvalue weighted by molar-refractivity contribution is 7.16. The fourth-order valence-electron chi connectivity index (χ4n) is 2.94. The molecule has 0 amide bonds. The zero-order chi connectivity index (χ0) is 14.2. The van der Waals surface area contributed by atoms with Crippen LogP contribution in [-0.2, 0) is 6.42 Å². The highest BCUT2D eigenvalue weighted by atomic mass is 35.5. The van der Waals surface area contributed by atoms with E-state index < -0.39 is 0 Å². The van der Waals surface area contributed by atoms with E-state index >= 15 is 0 Å². The molecule has 2 nitrogen and oxygen atoms in total. The van der Waals surface area contributed by atoms with Crippen LogP contribution >= 0.6 is 22.9 Å². The zero-order valence-corrected chi connectivity index (χ0v) is 13.0. The van der Waals surface area contributed by atoms with Crippen molar-refractivity contribution in [1.82, 2.24) is 4.57 Å². The first-order valence-electron chi connectivity index (χ1n) is 7.08. The Morgan fingerprint density at radius 3 is 2.86 bits per heavy atom. The number of fused-ring (bicyclic) bond motifs is 1. The summed E-state index contributed by atoms with van der Waals surface area (Å²) in [5, 5.41) is 3.65. The SMILES string of the molecule is Clc1cc2c(s1)CCC2Nc1cccc(-n2cccc2)c1. The number of thiophene rings is 1. The van der Waals surface area contributed by atoms with Gasteiger partial charge in [0.1, 0.15) is 0 Å². The minimum Gasteiger partial charge on any atom is -0.378 e. The second-order valence-corrected chi connectivity index (χ2v) is 7.07. The van der Waals surface area contributed by atoms with Crippen LogP contribution in [-0.4, -0.2) is 4.57 Å². The van der Waals surface area contributed by atoms with Gasteiger partial charge in [0.25, 0.3) is 0 Å². The Kier molecular flexibility index (Phi) is 3.24. The highest BCUT2D eigenvalue weighted by Gasteiger charge is 2.24. The third-order valence-electron chi connectivity index (χ3n) is 3.94. The van der Waals surface area contributed by atoms with Crippen LogP contribution in [0.25, 0.3) is 5.69 Å². The molecule has 21 heavy (non-hydrogen) atoms. The van der Waals surface area contributed by atoms with Crippen molar-refractivity contribution in [3.05, 3.63) is 69.6 Å². The first kappa shape index (κ1) is 13.0. The first-order valence-corrected chi connectivity index (χ1v) is 8.27. The van der Waals surface area contributed by atoms with Gasteiger partial charge in [0.15, 0.2) is 0 Å². The Morgan fingerprint density at radius 1 is 1.14 bits per heavy atom. The molecule has 2 heterocycles. The summed E-state index contributed by atoms with van der Waals surface area (Å²) >= 11 is 7.84. The van der Waals surface area contributed by atoms with E-state index in [1.807, 2.05) is 12.1 Å². The number of halogens is 1. The van der Waals surface area contributed by atoms with Gasteiger partial charge in [-0.2, -0.15) is 0 Å². The van der Waals surface area contributed by atoms with E-state index in [0.717, 1.165) is 22.9 Å². The van der Waals surface area contributed by atoms with Crippen LogP contribution in [0.15, 0.2) is 54.9 Å². The standard InChI is InChI=1S/C17H15ClN2S/c18-17-11-14-15(6-7-16(14)21-17)19-12-4-3-5-13(10-12)20-8-1-2-9-20/h1-5,8-11,15,19H,6-7H2. The van der Waals surface area contributed by atoms with E-state index in [0.29, 0.717) is 6.04 Å². The van der Waals surface area contributed by atoms with Gasteiger partial charge in [-0.3, -0.25) is 0 Å². The van der Waals surface area contributed by atoms with Gasteiger partial charge in [0, 0.05) is 28.6 Å². The molecule has 1 unspecified atom stereocenters. The Morgan fingerprint density at radius 2 is 2.00 bits per heavy atom. The van der Waals surface area contributed by atoms with Gasteiger partial charge in [-0.1, -0.05) is 17.7 Å². The third-order valence-corrected chi connectivity index (χ3v) is 5.28. The maximum atomic E-state index is 6.13. The molecular weight excluding hydrogens is 300 g/mol. The molecule has 1 aliphatic carbocycles. The van der Waals surface area contributed by atoms with Crippen LogP contribution in [0.4, 0.5) is 5.69 Å². The van der Waals surface area contributed by atoms with Crippen LogP contribution in [0, 0.1) is 0 Å². The van der Waals surface area contributed by atoms with Crippen molar-refractivity contribution >= 4 is 28.6 Å². The van der Waals surface area contributed by atoms with E-state index in [4.69, 9.17) is 11.6 Å². The molecule has 0 saturated carbocycles. The molecule has 3 aromatic rings. The average molecular weight is 315 g/mol. The van der Waals surface area contributed by atoms with Gasteiger partial charge in [-0.15, -0.1) is 11.3 Å². The molecule has 0 aliphatic heterocycles. The summed E-state index contributed by atoms with van der Waals surface area (Å²) in [4.78, 5) is 1.43. The molecule has 2 aromatic heterocycles. The van der Waals surface area contributed by atoms with Crippen molar-refractivity contribution in [2.24, 2.45) is 0 Å². The van der Waals surface area contributed by atoms with Gasteiger partial charge in [-0.25, -0.2) is 0 Å². The predicted octanol–water partition coefficient (Wildman–Crippen LogP) is 5.29. The monoisotopic (exact) mass is 314 g/mol. The summed E-state index contributed by atoms with van der Waals surface area (Å²) in [5.74, 6) is 0. The van der Waals surface area contributed by atoms with Crippen molar-refractivity contribution in [3.8, 4) is 5.69 Å². The molecule has 1 N–H and O–H groups in total. The molecule has 4 rings (SSSR count). The zero-order valence-electron chi connectivity index (χ0n) is 11.4. The number of nitrogens with zero attached hydrogens (tertiary/aromatic N) is 1. The number of hydrogen-bond acceptors (Lipinski definition) is 2. The van der Waals surface area contributed by atoms with Crippen LogP contribution in [0.1, 0.15) is 22.9 Å². The van der Waals surface area contributed by atoms with E-state index in [1.54, 1.807) is 11.3 Å². The molecule has 0 saturated heterocycles. The van der Waals surface area contributed by atoms with Crippen molar-refractivity contribution < 1.29 is 0 Å². The lowest BCUT2D eigenvalue weighted by atomic mass is 10.1. The van der Waals surface area contributed by atoms with E-state index in [1.165, 1.54) is 16.1 Å². The van der Waals surface area contributed by atoms with Gasteiger partial charge in [0.2, 0.25) is 0 Å². The van der Waals surface area contributed by atoms with E-state index in [-0.39, 0.29) is 0 Å². The molecular formula is C17H15ClN2S. The molecule has 1 aromatic carbocycles. The van der Waals surface area contributed by atoms with Crippen LogP contribution < -0.4 is 5.32 Å². The molecule has 0 bridgehead atoms. The largest absolute Gasteiger partial charge is 0.378 e. The molecule has 106 valence electrons. The second-order valence-electron chi connectivity index (χ2n) is 5.31. The molecule has 0 fully saturated rings. The number of anilines is 1. The minimum absolute atomic E-state index is 0.378. The Labute approximate surface area is 133 Å². The summed E-state index contributed by atoms with van der Waals surface area (Å²) in [5.41, 5.74) is 3.70. The lowest BCUT2D eigenvalue weighted by molar-refractivity contribution is 0.762. The Balaban J connectivity index is 1.59. The third kappa shape index (κ3) is 2.47. The fourth-order valence-corrected chi connectivity index (χ4v) is 4.30. The number of hydrogen-bond donors (Lipinski definition) is 1. The van der Waals surface area contributed by atoms with Crippen molar-refractivity contribution in [1.29, 1.82) is 0 Å². The summed E-state index contributed by atoms with van der Waals surface area (Å²) in [6.45, 7) is 0. The van der Waals surface area contributed by atoms with E-state index in [2.05, 4.69) is 52.6 Å². The summed E-state index contributed by atoms with van der Waals surface area (Å²) < 4.78 is 3.01. The number of aromatic nitrogens is 1.